The second-order valence-corrected chi connectivity index (χ2v) is 6.35. The molecule has 18 heavy (non-hydrogen) atoms. The summed E-state index contributed by atoms with van der Waals surface area (Å²) in [6.45, 7) is 0.750. The highest BCUT2D eigenvalue weighted by atomic mass is 35.5. The molecule has 1 aliphatic rings. The van der Waals surface area contributed by atoms with Crippen LogP contribution in [0.3, 0.4) is 0 Å². The van der Waals surface area contributed by atoms with E-state index in [0.717, 1.165) is 28.2 Å². The molecule has 1 unspecified atom stereocenters. The minimum Gasteiger partial charge on any atom is -0.312 e. The van der Waals surface area contributed by atoms with Gasteiger partial charge >= 0.3 is 0 Å². The van der Waals surface area contributed by atoms with Gasteiger partial charge in [-0.3, -0.25) is 4.79 Å². The number of aromatic nitrogens is 1. The van der Waals surface area contributed by atoms with Gasteiger partial charge in [0.1, 0.15) is 0 Å². The predicted molar refractivity (Wildman–Crippen MR) is 78.9 cm³/mol. The Bertz CT molecular complexity index is 613. The summed E-state index contributed by atoms with van der Waals surface area (Å²) in [5.74, 6) is 1.27. The number of halogens is 1. The Morgan fingerprint density at radius 2 is 2.39 bits per heavy atom. The summed E-state index contributed by atoms with van der Waals surface area (Å²) >= 11 is 11.6. The van der Waals surface area contributed by atoms with Gasteiger partial charge in [0.05, 0.1) is 10.2 Å². The summed E-state index contributed by atoms with van der Waals surface area (Å²) in [6, 6.07) is 5.82. The Kier molecular flexibility index (Phi) is 3.21. The lowest BCUT2D eigenvalue weighted by Crippen LogP contribution is -2.24. The van der Waals surface area contributed by atoms with Crippen LogP contribution in [0.4, 0.5) is 5.69 Å². The van der Waals surface area contributed by atoms with E-state index in [2.05, 4.69) is 17.6 Å². The summed E-state index contributed by atoms with van der Waals surface area (Å²) < 4.78 is 1.54. The molecule has 1 aromatic carbocycles. The van der Waals surface area contributed by atoms with E-state index in [9.17, 15) is 4.79 Å². The smallest absolute Gasteiger partial charge is 0.227 e. The van der Waals surface area contributed by atoms with Gasteiger partial charge in [-0.15, -0.1) is 11.3 Å². The van der Waals surface area contributed by atoms with Crippen molar-refractivity contribution >= 4 is 57.4 Å². The van der Waals surface area contributed by atoms with Crippen molar-refractivity contribution in [3.63, 3.8) is 0 Å². The molecule has 2 heterocycles. The molecule has 0 N–H and O–H groups in total. The van der Waals surface area contributed by atoms with Crippen molar-refractivity contribution < 1.29 is 4.79 Å². The fraction of sp³-hybridized carbons (Fsp3) is 0.333. The minimum atomic E-state index is 0.170. The summed E-state index contributed by atoms with van der Waals surface area (Å²) in [5, 5.41) is 0. The van der Waals surface area contributed by atoms with Gasteiger partial charge in [-0.25, -0.2) is 4.98 Å². The van der Waals surface area contributed by atoms with Crippen LogP contribution < -0.4 is 4.90 Å². The predicted octanol–water partition coefficient (Wildman–Crippen LogP) is 3.23. The lowest BCUT2D eigenvalue weighted by atomic mass is 10.1. The number of hydrogen-bond donors (Lipinski definition) is 1. The van der Waals surface area contributed by atoms with Crippen molar-refractivity contribution in [3.05, 3.63) is 22.7 Å². The highest BCUT2D eigenvalue weighted by molar-refractivity contribution is 7.80. The number of carbonyl (C=O) groups excluding carboxylic acids is 1. The SMILES string of the molecule is O=C1CC(CS)CN1c1ccc2nc(Cl)sc2c1. The fourth-order valence-corrected chi connectivity index (χ4v) is 3.51. The molecule has 94 valence electrons. The third-order valence-electron chi connectivity index (χ3n) is 3.12. The van der Waals surface area contributed by atoms with Crippen molar-refractivity contribution in [1.82, 2.24) is 4.98 Å². The average Bonchev–Trinajstić information content (AvgIpc) is 2.89. The number of thiol groups is 1. The monoisotopic (exact) mass is 298 g/mol. The topological polar surface area (TPSA) is 33.2 Å². The second kappa shape index (κ2) is 4.72. The maximum absolute atomic E-state index is 11.9. The molecule has 0 spiro atoms. The zero-order chi connectivity index (χ0) is 12.7. The molecule has 1 saturated heterocycles. The summed E-state index contributed by atoms with van der Waals surface area (Å²) in [4.78, 5) is 18.0. The van der Waals surface area contributed by atoms with Crippen molar-refractivity contribution in [1.29, 1.82) is 0 Å². The third-order valence-corrected chi connectivity index (χ3v) is 4.76. The quantitative estimate of drug-likeness (QED) is 0.864. The molecule has 1 aliphatic heterocycles. The van der Waals surface area contributed by atoms with E-state index >= 15 is 0 Å². The second-order valence-electron chi connectivity index (χ2n) is 4.38. The first-order valence-electron chi connectivity index (χ1n) is 5.64. The molecular weight excluding hydrogens is 288 g/mol. The Balaban J connectivity index is 1.96. The third kappa shape index (κ3) is 2.11. The first kappa shape index (κ1) is 12.3. The summed E-state index contributed by atoms with van der Waals surface area (Å²) in [7, 11) is 0. The molecule has 0 aliphatic carbocycles. The molecule has 0 saturated carbocycles. The zero-order valence-corrected chi connectivity index (χ0v) is 11.9. The Hall–Kier alpha value is -0.780. The summed E-state index contributed by atoms with van der Waals surface area (Å²) in [5.41, 5.74) is 1.81. The standard InChI is InChI=1S/C12H11ClN2OS2/c13-12-14-9-2-1-8(4-10(9)18-12)15-5-7(6-17)3-11(15)16/h1-2,4,7,17H,3,5-6H2. The Morgan fingerprint density at radius 1 is 1.56 bits per heavy atom. The van der Waals surface area contributed by atoms with Crippen LogP contribution in [-0.4, -0.2) is 23.2 Å². The maximum atomic E-state index is 11.9. The molecule has 0 bridgehead atoms. The molecule has 3 nitrogen and oxygen atoms in total. The van der Waals surface area contributed by atoms with Crippen molar-refractivity contribution in [2.75, 3.05) is 17.2 Å². The molecule has 1 amide bonds. The number of amides is 1. The fourth-order valence-electron chi connectivity index (χ4n) is 2.21. The molecule has 0 radical (unpaired) electrons. The van der Waals surface area contributed by atoms with Gasteiger partial charge in [-0.05, 0) is 29.9 Å². The van der Waals surface area contributed by atoms with Crippen molar-refractivity contribution in [3.8, 4) is 0 Å². The minimum absolute atomic E-state index is 0.170. The number of anilines is 1. The summed E-state index contributed by atoms with van der Waals surface area (Å²) in [6.07, 6.45) is 0.588. The van der Waals surface area contributed by atoms with Crippen LogP contribution >= 0.6 is 35.6 Å². The van der Waals surface area contributed by atoms with Gasteiger partial charge in [0.25, 0.3) is 0 Å². The van der Waals surface area contributed by atoms with Gasteiger partial charge in [-0.2, -0.15) is 12.6 Å². The first-order chi connectivity index (χ1) is 8.67. The molecule has 1 aromatic heterocycles. The largest absolute Gasteiger partial charge is 0.312 e. The number of fused-ring (bicyclic) bond motifs is 1. The van der Waals surface area contributed by atoms with Gasteiger partial charge in [-0.1, -0.05) is 11.6 Å². The van der Waals surface area contributed by atoms with E-state index in [1.807, 2.05) is 23.1 Å². The zero-order valence-electron chi connectivity index (χ0n) is 9.47. The van der Waals surface area contributed by atoms with E-state index in [4.69, 9.17) is 11.6 Å². The van der Waals surface area contributed by atoms with E-state index in [-0.39, 0.29) is 5.91 Å². The first-order valence-corrected chi connectivity index (χ1v) is 7.47. The van der Waals surface area contributed by atoms with Gasteiger partial charge in [0.15, 0.2) is 4.47 Å². The molecule has 6 heteroatoms. The van der Waals surface area contributed by atoms with E-state index < -0.39 is 0 Å². The van der Waals surface area contributed by atoms with E-state index in [1.165, 1.54) is 11.3 Å². The number of hydrogen-bond acceptors (Lipinski definition) is 4. The average molecular weight is 299 g/mol. The molecule has 1 atom stereocenters. The van der Waals surface area contributed by atoms with E-state index in [0.29, 0.717) is 16.8 Å². The Morgan fingerprint density at radius 3 is 3.11 bits per heavy atom. The number of thiazole rings is 1. The molecule has 3 rings (SSSR count). The normalized spacial score (nSPS) is 20.0. The highest BCUT2D eigenvalue weighted by Gasteiger charge is 2.29. The number of benzene rings is 1. The van der Waals surface area contributed by atoms with Gasteiger partial charge in [0, 0.05) is 18.7 Å². The molecule has 1 fully saturated rings. The lowest BCUT2D eigenvalue weighted by molar-refractivity contribution is -0.117. The number of carbonyl (C=O) groups is 1. The number of rotatable bonds is 2. The van der Waals surface area contributed by atoms with E-state index in [1.54, 1.807) is 0 Å². The van der Waals surface area contributed by atoms with Crippen LogP contribution in [0.1, 0.15) is 6.42 Å². The van der Waals surface area contributed by atoms with Crippen molar-refractivity contribution in [2.45, 2.75) is 6.42 Å². The van der Waals surface area contributed by atoms with Crippen LogP contribution in [0.15, 0.2) is 18.2 Å². The highest BCUT2D eigenvalue weighted by Crippen LogP contribution is 2.32. The maximum Gasteiger partial charge on any atom is 0.227 e. The van der Waals surface area contributed by atoms with Crippen LogP contribution in [-0.2, 0) is 4.79 Å². The van der Waals surface area contributed by atoms with Crippen LogP contribution in [0.5, 0.6) is 0 Å². The molecule has 2 aromatic rings. The van der Waals surface area contributed by atoms with Gasteiger partial charge in [0.2, 0.25) is 5.91 Å². The lowest BCUT2D eigenvalue weighted by Gasteiger charge is -2.16. The number of nitrogens with zero attached hydrogens (tertiary/aromatic N) is 2. The van der Waals surface area contributed by atoms with Crippen LogP contribution in [0.2, 0.25) is 4.47 Å². The Labute approximate surface area is 119 Å². The van der Waals surface area contributed by atoms with Gasteiger partial charge < -0.3 is 4.90 Å². The van der Waals surface area contributed by atoms with Crippen LogP contribution in [0, 0.1) is 5.92 Å². The van der Waals surface area contributed by atoms with Crippen LogP contribution in [0.25, 0.3) is 10.2 Å². The van der Waals surface area contributed by atoms with Crippen molar-refractivity contribution in [2.24, 2.45) is 5.92 Å². The molecular formula is C12H11ClN2OS2.